The van der Waals surface area contributed by atoms with Crippen LogP contribution in [0.2, 0.25) is 0 Å². The van der Waals surface area contributed by atoms with Crippen molar-refractivity contribution < 1.29 is 9.59 Å². The fourth-order valence-electron chi connectivity index (χ4n) is 2.24. The molecule has 0 bridgehead atoms. The molecular weight excluding hydrogens is 350 g/mol. The summed E-state index contributed by atoms with van der Waals surface area (Å²) in [6, 6.07) is 7.37. The lowest BCUT2D eigenvalue weighted by Crippen LogP contribution is -2.22. The third-order valence-corrected chi connectivity index (χ3v) is 4.86. The van der Waals surface area contributed by atoms with Crippen LogP contribution in [0.1, 0.15) is 31.2 Å². The molecule has 2 aromatic heterocycles. The highest BCUT2D eigenvalue weighted by molar-refractivity contribution is 7.99. The van der Waals surface area contributed by atoms with Gasteiger partial charge in [-0.3, -0.25) is 14.6 Å². The monoisotopic (exact) mass is 371 g/mol. The summed E-state index contributed by atoms with van der Waals surface area (Å²) in [5.41, 5.74) is 0.986. The minimum absolute atomic E-state index is 0.0250. The minimum atomic E-state index is 0.0250. The van der Waals surface area contributed by atoms with E-state index < -0.39 is 0 Å². The van der Waals surface area contributed by atoms with Gasteiger partial charge in [0.05, 0.1) is 0 Å². The van der Waals surface area contributed by atoms with E-state index in [0.717, 1.165) is 35.6 Å². The zero-order valence-electron chi connectivity index (χ0n) is 14.4. The molecule has 0 unspecified atom stereocenters. The lowest BCUT2D eigenvalue weighted by atomic mass is 10.2. The first kappa shape index (κ1) is 18.3. The molecule has 7 nitrogen and oxygen atoms in total. The summed E-state index contributed by atoms with van der Waals surface area (Å²) in [5, 5.41) is 14.5. The molecule has 2 heterocycles. The van der Waals surface area contributed by atoms with Crippen molar-refractivity contribution in [2.75, 3.05) is 11.1 Å². The lowest BCUT2D eigenvalue weighted by Gasteiger charge is -2.05. The second-order valence-electron chi connectivity index (χ2n) is 6.11. The molecule has 1 aliphatic carbocycles. The normalized spacial score (nSPS) is 13.2. The first-order chi connectivity index (χ1) is 12.7. The van der Waals surface area contributed by atoms with E-state index in [1.54, 1.807) is 30.2 Å². The van der Waals surface area contributed by atoms with E-state index in [1.165, 1.54) is 0 Å². The molecule has 2 amide bonds. The van der Waals surface area contributed by atoms with Crippen molar-refractivity contribution in [3.63, 3.8) is 0 Å². The predicted molar refractivity (Wildman–Crippen MR) is 99.4 cm³/mol. The smallest absolute Gasteiger partial charge is 0.228 e. The Labute approximate surface area is 156 Å². The second kappa shape index (κ2) is 9.28. The topological polar surface area (TPSA) is 96.9 Å². The molecule has 1 saturated carbocycles. The molecular formula is C18H21N5O2S. The lowest BCUT2D eigenvalue weighted by molar-refractivity contribution is -0.121. The maximum absolute atomic E-state index is 11.8. The average molecular weight is 371 g/mol. The van der Waals surface area contributed by atoms with Crippen molar-refractivity contribution >= 4 is 29.4 Å². The van der Waals surface area contributed by atoms with Crippen LogP contribution in [0, 0.1) is 5.92 Å². The molecule has 1 aliphatic rings. The molecule has 136 valence electrons. The van der Waals surface area contributed by atoms with E-state index in [4.69, 9.17) is 0 Å². The number of nitrogens with one attached hydrogen (secondary N) is 2. The molecule has 0 aromatic carbocycles. The highest BCUT2D eigenvalue weighted by atomic mass is 32.2. The van der Waals surface area contributed by atoms with Crippen LogP contribution < -0.4 is 10.6 Å². The Kier molecular flexibility index (Phi) is 6.54. The fourth-order valence-corrected chi connectivity index (χ4v) is 3.00. The van der Waals surface area contributed by atoms with Gasteiger partial charge < -0.3 is 10.6 Å². The van der Waals surface area contributed by atoms with E-state index in [-0.39, 0.29) is 17.7 Å². The van der Waals surface area contributed by atoms with Crippen molar-refractivity contribution in [3.05, 3.63) is 42.2 Å². The largest absolute Gasteiger partial charge is 0.352 e. The van der Waals surface area contributed by atoms with Crippen LogP contribution in [-0.2, 0) is 16.1 Å². The van der Waals surface area contributed by atoms with Gasteiger partial charge in [-0.15, -0.1) is 22.0 Å². The standard InChI is InChI=1S/C18H21N5O2S/c24-16(20-12-13-3-1-9-19-11-13)4-2-10-26-17-8-7-15(22-23-17)21-18(25)14-5-6-14/h1,3,7-9,11,14H,2,4-6,10,12H2,(H,20,24)(H,21,22,25). The highest BCUT2D eigenvalue weighted by Gasteiger charge is 2.29. The van der Waals surface area contributed by atoms with Crippen LogP contribution in [0.15, 0.2) is 41.7 Å². The number of nitrogens with zero attached hydrogens (tertiary/aromatic N) is 3. The summed E-state index contributed by atoms with van der Waals surface area (Å²) in [4.78, 5) is 27.5. The number of pyridine rings is 1. The van der Waals surface area contributed by atoms with Gasteiger partial charge in [-0.1, -0.05) is 6.07 Å². The van der Waals surface area contributed by atoms with Gasteiger partial charge in [-0.05, 0) is 43.0 Å². The third kappa shape index (κ3) is 6.11. The molecule has 0 aliphatic heterocycles. The number of anilines is 1. The Bertz CT molecular complexity index is 735. The van der Waals surface area contributed by atoms with Gasteiger partial charge in [0.25, 0.3) is 0 Å². The number of amides is 2. The van der Waals surface area contributed by atoms with E-state index in [1.807, 2.05) is 18.2 Å². The zero-order valence-corrected chi connectivity index (χ0v) is 15.2. The second-order valence-corrected chi connectivity index (χ2v) is 7.23. The van der Waals surface area contributed by atoms with Crippen LogP contribution in [0.25, 0.3) is 0 Å². The molecule has 0 spiro atoms. The molecule has 0 radical (unpaired) electrons. The number of thioether (sulfide) groups is 1. The van der Waals surface area contributed by atoms with E-state index in [0.29, 0.717) is 18.8 Å². The molecule has 0 atom stereocenters. The van der Waals surface area contributed by atoms with Gasteiger partial charge in [0.2, 0.25) is 11.8 Å². The average Bonchev–Trinajstić information content (AvgIpc) is 3.51. The SMILES string of the molecule is O=C(CCCSc1ccc(NC(=O)C2CC2)nn1)NCc1cccnc1. The molecule has 2 N–H and O–H groups in total. The first-order valence-corrected chi connectivity index (χ1v) is 9.62. The quantitative estimate of drug-likeness (QED) is 0.519. The number of rotatable bonds is 9. The Morgan fingerprint density at radius 3 is 2.77 bits per heavy atom. The Morgan fingerprint density at radius 1 is 1.19 bits per heavy atom. The third-order valence-electron chi connectivity index (χ3n) is 3.85. The van der Waals surface area contributed by atoms with Crippen molar-refractivity contribution in [2.45, 2.75) is 37.3 Å². The number of aromatic nitrogens is 3. The molecule has 3 rings (SSSR count). The summed E-state index contributed by atoms with van der Waals surface area (Å²) in [6.45, 7) is 0.499. The number of carbonyl (C=O) groups is 2. The number of hydrogen-bond donors (Lipinski definition) is 2. The van der Waals surface area contributed by atoms with E-state index in [9.17, 15) is 9.59 Å². The summed E-state index contributed by atoms with van der Waals surface area (Å²) in [7, 11) is 0. The maximum Gasteiger partial charge on any atom is 0.228 e. The van der Waals surface area contributed by atoms with Crippen LogP contribution in [0.3, 0.4) is 0 Å². The highest BCUT2D eigenvalue weighted by Crippen LogP contribution is 2.30. The minimum Gasteiger partial charge on any atom is -0.352 e. The molecule has 8 heteroatoms. The van der Waals surface area contributed by atoms with Gasteiger partial charge in [0, 0.05) is 37.0 Å². The van der Waals surface area contributed by atoms with Crippen molar-refractivity contribution in [1.82, 2.24) is 20.5 Å². The van der Waals surface area contributed by atoms with Gasteiger partial charge in [-0.25, -0.2) is 0 Å². The molecule has 2 aromatic rings. The Morgan fingerprint density at radius 2 is 2.08 bits per heavy atom. The summed E-state index contributed by atoms with van der Waals surface area (Å²) in [5.74, 6) is 1.47. The zero-order chi connectivity index (χ0) is 18.2. The predicted octanol–water partition coefficient (Wildman–Crippen LogP) is 2.41. The number of carbonyl (C=O) groups excluding carboxylic acids is 2. The van der Waals surface area contributed by atoms with Crippen molar-refractivity contribution in [1.29, 1.82) is 0 Å². The van der Waals surface area contributed by atoms with Gasteiger partial charge >= 0.3 is 0 Å². The van der Waals surface area contributed by atoms with Crippen molar-refractivity contribution in [3.8, 4) is 0 Å². The van der Waals surface area contributed by atoms with Crippen LogP contribution >= 0.6 is 11.8 Å². The Hall–Kier alpha value is -2.48. The van der Waals surface area contributed by atoms with Crippen molar-refractivity contribution in [2.24, 2.45) is 5.92 Å². The summed E-state index contributed by atoms with van der Waals surface area (Å²) in [6.07, 6.45) is 6.60. The number of hydrogen-bond acceptors (Lipinski definition) is 6. The molecule has 1 fully saturated rings. The van der Waals surface area contributed by atoms with Crippen LogP contribution in [-0.4, -0.2) is 32.7 Å². The van der Waals surface area contributed by atoms with Gasteiger partial charge in [-0.2, -0.15) is 0 Å². The first-order valence-electron chi connectivity index (χ1n) is 8.64. The molecule has 26 heavy (non-hydrogen) atoms. The van der Waals surface area contributed by atoms with E-state index in [2.05, 4.69) is 25.8 Å². The van der Waals surface area contributed by atoms with Crippen LogP contribution in [0.5, 0.6) is 0 Å². The maximum atomic E-state index is 11.8. The van der Waals surface area contributed by atoms with Crippen LogP contribution in [0.4, 0.5) is 5.82 Å². The van der Waals surface area contributed by atoms with E-state index >= 15 is 0 Å². The fraction of sp³-hybridized carbons (Fsp3) is 0.389. The molecule has 0 saturated heterocycles. The van der Waals surface area contributed by atoms with Gasteiger partial charge in [0.15, 0.2) is 5.82 Å². The van der Waals surface area contributed by atoms with Gasteiger partial charge in [0.1, 0.15) is 5.03 Å². The summed E-state index contributed by atoms with van der Waals surface area (Å²) < 4.78 is 0. The summed E-state index contributed by atoms with van der Waals surface area (Å²) >= 11 is 1.55. The Balaban J connectivity index is 1.30.